The van der Waals surface area contributed by atoms with Crippen LogP contribution >= 0.6 is 24.2 Å². The Morgan fingerprint density at radius 1 is 1.33 bits per heavy atom. The average Bonchev–Trinajstić information content (AvgIpc) is 2.45. The van der Waals surface area contributed by atoms with E-state index in [2.05, 4.69) is 17.6 Å². The highest BCUT2D eigenvalue weighted by Crippen LogP contribution is 2.26. The van der Waals surface area contributed by atoms with E-state index in [9.17, 15) is 9.90 Å². The number of halogens is 1. The van der Waals surface area contributed by atoms with Crippen LogP contribution in [0.3, 0.4) is 0 Å². The number of hydrogen-bond acceptors (Lipinski definition) is 4. The lowest BCUT2D eigenvalue weighted by Gasteiger charge is -2.34. The van der Waals surface area contributed by atoms with E-state index in [1.807, 2.05) is 12.1 Å². The monoisotopic (exact) mass is 330 g/mol. The van der Waals surface area contributed by atoms with Gasteiger partial charge in [-0.25, -0.2) is 0 Å². The lowest BCUT2D eigenvalue weighted by molar-refractivity contribution is -0.119. The van der Waals surface area contributed by atoms with Crippen molar-refractivity contribution in [2.75, 3.05) is 25.4 Å². The highest BCUT2D eigenvalue weighted by molar-refractivity contribution is 8.00. The summed E-state index contributed by atoms with van der Waals surface area (Å²) in [6.07, 6.45) is 2.22. The molecule has 1 aliphatic rings. The van der Waals surface area contributed by atoms with Gasteiger partial charge in [-0.2, -0.15) is 0 Å². The molecule has 1 aliphatic heterocycles. The van der Waals surface area contributed by atoms with Gasteiger partial charge in [-0.3, -0.25) is 4.79 Å². The minimum absolute atomic E-state index is 0. The Bertz CT molecular complexity index is 447. The molecule has 1 heterocycles. The van der Waals surface area contributed by atoms with Crippen LogP contribution in [0.1, 0.15) is 19.8 Å². The number of rotatable bonds is 5. The van der Waals surface area contributed by atoms with Crippen molar-refractivity contribution in [2.24, 2.45) is 5.41 Å². The zero-order valence-electron chi connectivity index (χ0n) is 12.2. The number of phenols is 1. The number of amides is 1. The third kappa shape index (κ3) is 6.16. The van der Waals surface area contributed by atoms with Crippen molar-refractivity contribution in [3.63, 3.8) is 0 Å². The SMILES string of the molecule is CC1(CNC(=O)CSc2ccc(O)cc2)CCNCC1.Cl. The number of carbonyl (C=O) groups is 1. The van der Waals surface area contributed by atoms with Gasteiger partial charge in [0.15, 0.2) is 0 Å². The molecule has 0 aliphatic carbocycles. The van der Waals surface area contributed by atoms with Crippen LogP contribution in [0.2, 0.25) is 0 Å². The second-order valence-electron chi connectivity index (χ2n) is 5.62. The molecule has 1 amide bonds. The summed E-state index contributed by atoms with van der Waals surface area (Å²) in [5, 5.41) is 15.6. The Morgan fingerprint density at radius 3 is 2.57 bits per heavy atom. The van der Waals surface area contributed by atoms with Crippen LogP contribution in [0.5, 0.6) is 5.75 Å². The van der Waals surface area contributed by atoms with Crippen molar-refractivity contribution >= 4 is 30.1 Å². The Kier molecular flexibility index (Phi) is 7.35. The Hall–Kier alpha value is -0.910. The Labute approximate surface area is 136 Å². The molecule has 0 spiro atoms. The maximum absolute atomic E-state index is 11.9. The zero-order chi connectivity index (χ0) is 14.4. The summed E-state index contributed by atoms with van der Waals surface area (Å²) in [5.41, 5.74) is 0.226. The summed E-state index contributed by atoms with van der Waals surface area (Å²) in [6, 6.07) is 6.91. The highest BCUT2D eigenvalue weighted by Gasteiger charge is 2.26. The lowest BCUT2D eigenvalue weighted by Crippen LogP contribution is -2.43. The van der Waals surface area contributed by atoms with Crippen molar-refractivity contribution in [1.29, 1.82) is 0 Å². The van der Waals surface area contributed by atoms with Crippen LogP contribution in [0.25, 0.3) is 0 Å². The first kappa shape index (κ1) is 18.1. The molecule has 21 heavy (non-hydrogen) atoms. The molecule has 0 bridgehead atoms. The predicted octanol–water partition coefficient (Wildman–Crippen LogP) is 2.41. The first-order chi connectivity index (χ1) is 9.57. The van der Waals surface area contributed by atoms with Gasteiger partial charge in [0.2, 0.25) is 5.91 Å². The molecule has 0 aromatic heterocycles. The number of piperidine rings is 1. The van der Waals surface area contributed by atoms with Crippen molar-refractivity contribution in [3.8, 4) is 5.75 Å². The molecule has 0 unspecified atom stereocenters. The molecule has 0 radical (unpaired) electrons. The summed E-state index contributed by atoms with van der Waals surface area (Å²) in [4.78, 5) is 12.9. The first-order valence-electron chi connectivity index (χ1n) is 6.97. The number of benzene rings is 1. The second-order valence-corrected chi connectivity index (χ2v) is 6.67. The van der Waals surface area contributed by atoms with Crippen molar-refractivity contribution in [2.45, 2.75) is 24.7 Å². The molecule has 6 heteroatoms. The van der Waals surface area contributed by atoms with Crippen LogP contribution in [0.4, 0.5) is 0 Å². The number of phenolic OH excluding ortho intramolecular Hbond substituents is 1. The Balaban J connectivity index is 0.00000220. The van der Waals surface area contributed by atoms with Crippen LogP contribution in [0, 0.1) is 5.41 Å². The summed E-state index contributed by atoms with van der Waals surface area (Å²) in [5.74, 6) is 0.736. The van der Waals surface area contributed by atoms with Gasteiger partial charge in [-0.1, -0.05) is 6.92 Å². The molecular weight excluding hydrogens is 308 g/mol. The minimum atomic E-state index is 0. The van der Waals surface area contributed by atoms with Gasteiger partial charge in [-0.15, -0.1) is 24.2 Å². The quantitative estimate of drug-likeness (QED) is 0.726. The molecule has 3 N–H and O–H groups in total. The third-order valence-corrected chi connectivity index (χ3v) is 4.74. The number of aromatic hydroxyl groups is 1. The summed E-state index contributed by atoms with van der Waals surface area (Å²) in [6.45, 7) is 5.06. The van der Waals surface area contributed by atoms with Gasteiger partial charge >= 0.3 is 0 Å². The molecular formula is C15H23ClN2O2S. The first-order valence-corrected chi connectivity index (χ1v) is 7.95. The Morgan fingerprint density at radius 2 is 1.95 bits per heavy atom. The van der Waals surface area contributed by atoms with E-state index in [4.69, 9.17) is 0 Å². The molecule has 0 atom stereocenters. The van der Waals surface area contributed by atoms with Gasteiger partial charge in [0.1, 0.15) is 5.75 Å². The maximum Gasteiger partial charge on any atom is 0.230 e. The number of hydrogen-bond donors (Lipinski definition) is 3. The topological polar surface area (TPSA) is 61.4 Å². The minimum Gasteiger partial charge on any atom is -0.508 e. The standard InChI is InChI=1S/C15H22N2O2S.ClH/c1-15(6-8-16-9-7-15)11-17-14(19)10-20-13-4-2-12(18)3-5-13;/h2-5,16,18H,6-11H2,1H3,(H,17,19);1H. The van der Waals surface area contributed by atoms with E-state index in [0.717, 1.165) is 37.4 Å². The van der Waals surface area contributed by atoms with E-state index < -0.39 is 0 Å². The van der Waals surface area contributed by atoms with Gasteiger partial charge in [0.05, 0.1) is 5.75 Å². The summed E-state index contributed by atoms with van der Waals surface area (Å²) < 4.78 is 0. The number of thioether (sulfide) groups is 1. The molecule has 1 saturated heterocycles. The fourth-order valence-corrected chi connectivity index (χ4v) is 2.99. The normalized spacial score (nSPS) is 16.8. The van der Waals surface area contributed by atoms with Crippen molar-refractivity contribution in [1.82, 2.24) is 10.6 Å². The summed E-state index contributed by atoms with van der Waals surface area (Å²) >= 11 is 1.49. The van der Waals surface area contributed by atoms with Gasteiger partial charge in [0, 0.05) is 11.4 Å². The number of carbonyl (C=O) groups excluding carboxylic acids is 1. The zero-order valence-corrected chi connectivity index (χ0v) is 13.9. The van der Waals surface area contributed by atoms with Crippen LogP contribution in [-0.2, 0) is 4.79 Å². The predicted molar refractivity (Wildman–Crippen MR) is 89.3 cm³/mol. The maximum atomic E-state index is 11.9. The molecule has 0 saturated carbocycles. The molecule has 2 rings (SSSR count). The van der Waals surface area contributed by atoms with Gasteiger partial charge < -0.3 is 15.7 Å². The van der Waals surface area contributed by atoms with Crippen molar-refractivity contribution < 1.29 is 9.90 Å². The molecule has 1 aromatic carbocycles. The van der Waals surface area contributed by atoms with Gasteiger partial charge in [-0.05, 0) is 55.6 Å². The largest absolute Gasteiger partial charge is 0.508 e. The van der Waals surface area contributed by atoms with Crippen LogP contribution in [-0.4, -0.2) is 36.4 Å². The lowest BCUT2D eigenvalue weighted by atomic mass is 9.81. The van der Waals surface area contributed by atoms with E-state index in [1.54, 1.807) is 12.1 Å². The van der Waals surface area contributed by atoms with E-state index in [1.165, 1.54) is 11.8 Å². The summed E-state index contributed by atoms with van der Waals surface area (Å²) in [7, 11) is 0. The highest BCUT2D eigenvalue weighted by atomic mass is 35.5. The second kappa shape index (κ2) is 8.51. The number of nitrogens with one attached hydrogen (secondary N) is 2. The molecule has 1 aromatic rings. The fourth-order valence-electron chi connectivity index (χ4n) is 2.26. The fraction of sp³-hybridized carbons (Fsp3) is 0.533. The van der Waals surface area contributed by atoms with Crippen LogP contribution < -0.4 is 10.6 Å². The van der Waals surface area contributed by atoms with Gasteiger partial charge in [0.25, 0.3) is 0 Å². The molecule has 4 nitrogen and oxygen atoms in total. The molecule has 1 fully saturated rings. The van der Waals surface area contributed by atoms with Crippen molar-refractivity contribution in [3.05, 3.63) is 24.3 Å². The smallest absolute Gasteiger partial charge is 0.230 e. The van der Waals surface area contributed by atoms with E-state index >= 15 is 0 Å². The average molecular weight is 331 g/mol. The van der Waals surface area contributed by atoms with E-state index in [0.29, 0.717) is 5.75 Å². The third-order valence-electron chi connectivity index (χ3n) is 3.73. The molecule has 118 valence electrons. The van der Waals surface area contributed by atoms with E-state index in [-0.39, 0.29) is 29.5 Å². The van der Waals surface area contributed by atoms with Crippen LogP contribution in [0.15, 0.2) is 29.2 Å².